The summed E-state index contributed by atoms with van der Waals surface area (Å²) >= 11 is 0. The van der Waals surface area contributed by atoms with E-state index < -0.39 is 5.60 Å². The van der Waals surface area contributed by atoms with Crippen molar-refractivity contribution in [2.45, 2.75) is 31.8 Å². The highest BCUT2D eigenvalue weighted by Gasteiger charge is 2.51. The maximum Gasteiger partial charge on any atom is 0.257 e. The zero-order valence-electron chi connectivity index (χ0n) is 14.3. The molecule has 1 aliphatic carbocycles. The Bertz CT molecular complexity index is 761. The number of likely N-dealkylation sites (tertiary alicyclic amines) is 1. The molecule has 2 aromatic rings. The molecule has 2 fully saturated rings. The zero-order chi connectivity index (χ0) is 17.4. The molecular weight excluding hydrogens is 316 g/mol. The fourth-order valence-electron chi connectivity index (χ4n) is 3.87. The molecule has 4 rings (SSSR count). The number of hydrogen-bond donors (Lipinski definition) is 1. The van der Waals surface area contributed by atoms with Gasteiger partial charge in [0, 0.05) is 42.8 Å². The highest BCUT2D eigenvalue weighted by atomic mass is 16.3. The van der Waals surface area contributed by atoms with Gasteiger partial charge in [-0.2, -0.15) is 0 Å². The molecule has 2 atom stereocenters. The van der Waals surface area contributed by atoms with Gasteiger partial charge in [-0.25, -0.2) is 9.97 Å². The molecule has 1 amide bonds. The van der Waals surface area contributed by atoms with E-state index in [-0.39, 0.29) is 11.8 Å². The first-order valence-electron chi connectivity index (χ1n) is 8.82. The first-order valence-corrected chi connectivity index (χ1v) is 8.82. The molecule has 0 unspecified atom stereocenters. The predicted molar refractivity (Wildman–Crippen MR) is 92.6 cm³/mol. The highest BCUT2D eigenvalue weighted by molar-refractivity contribution is 5.94. The molecule has 3 heterocycles. The summed E-state index contributed by atoms with van der Waals surface area (Å²) in [5.74, 6) is 0.854. The second kappa shape index (κ2) is 6.19. The molecule has 1 N–H and O–H groups in total. The second-order valence-electron chi connectivity index (χ2n) is 7.24. The smallest absolute Gasteiger partial charge is 0.257 e. The van der Waals surface area contributed by atoms with Crippen molar-refractivity contribution in [3.63, 3.8) is 0 Å². The number of pyridine rings is 1. The standard InChI is InChI=1S/C19H22N4O2/c1-13-11-23(12-19(13,25)16-5-2-6-16)18(24)15-9-21-17(22-10-15)14-4-3-7-20-8-14/h3-4,7-10,13,16,25H,2,5-6,11-12H2,1H3/t13-,19+/m1/s1. The van der Waals surface area contributed by atoms with Gasteiger partial charge in [-0.3, -0.25) is 9.78 Å². The Labute approximate surface area is 147 Å². The molecular formula is C19H22N4O2. The number of aliphatic hydroxyl groups is 1. The van der Waals surface area contributed by atoms with Crippen LogP contribution in [0.4, 0.5) is 0 Å². The largest absolute Gasteiger partial charge is 0.387 e. The zero-order valence-corrected chi connectivity index (χ0v) is 14.3. The molecule has 1 saturated heterocycles. The Morgan fingerprint density at radius 1 is 1.28 bits per heavy atom. The minimum absolute atomic E-state index is 0.0948. The molecule has 6 heteroatoms. The SMILES string of the molecule is C[C@@H]1CN(C(=O)c2cnc(-c3cccnc3)nc2)C[C@@]1(O)C1CCC1. The maximum absolute atomic E-state index is 12.8. The molecule has 0 bridgehead atoms. The van der Waals surface area contributed by atoms with E-state index in [4.69, 9.17) is 0 Å². The van der Waals surface area contributed by atoms with Crippen LogP contribution in [0.5, 0.6) is 0 Å². The van der Waals surface area contributed by atoms with Crippen LogP contribution in [0.2, 0.25) is 0 Å². The summed E-state index contributed by atoms with van der Waals surface area (Å²) in [6, 6.07) is 3.70. The minimum Gasteiger partial charge on any atom is -0.387 e. The lowest BCUT2D eigenvalue weighted by Crippen LogP contribution is -2.48. The molecule has 130 valence electrons. The van der Waals surface area contributed by atoms with Crippen LogP contribution in [0.25, 0.3) is 11.4 Å². The van der Waals surface area contributed by atoms with Gasteiger partial charge in [-0.15, -0.1) is 0 Å². The first kappa shape index (κ1) is 16.1. The molecule has 2 aromatic heterocycles. The third-order valence-corrected chi connectivity index (χ3v) is 5.71. The Morgan fingerprint density at radius 3 is 2.64 bits per heavy atom. The van der Waals surface area contributed by atoms with Crippen LogP contribution in [-0.2, 0) is 0 Å². The van der Waals surface area contributed by atoms with Gasteiger partial charge in [0.25, 0.3) is 5.91 Å². The fourth-order valence-corrected chi connectivity index (χ4v) is 3.87. The van der Waals surface area contributed by atoms with E-state index in [9.17, 15) is 9.90 Å². The lowest BCUT2D eigenvalue weighted by molar-refractivity contribution is -0.0660. The van der Waals surface area contributed by atoms with Crippen LogP contribution in [0.15, 0.2) is 36.9 Å². The third-order valence-electron chi connectivity index (χ3n) is 5.71. The lowest BCUT2D eigenvalue weighted by Gasteiger charge is -2.41. The van der Waals surface area contributed by atoms with Gasteiger partial charge in [0.1, 0.15) is 0 Å². The summed E-state index contributed by atoms with van der Waals surface area (Å²) in [5, 5.41) is 11.0. The van der Waals surface area contributed by atoms with Crippen molar-refractivity contribution < 1.29 is 9.90 Å². The van der Waals surface area contributed by atoms with E-state index in [2.05, 4.69) is 15.0 Å². The molecule has 25 heavy (non-hydrogen) atoms. The normalized spacial score (nSPS) is 26.5. The number of β-amino-alcohol motifs (C(OH)–C–C–N with tert-alkyl or cyclic N) is 1. The number of rotatable bonds is 3. The van der Waals surface area contributed by atoms with Crippen molar-refractivity contribution in [1.82, 2.24) is 19.9 Å². The average Bonchev–Trinajstić information content (AvgIpc) is 2.89. The number of aromatic nitrogens is 3. The monoisotopic (exact) mass is 338 g/mol. The van der Waals surface area contributed by atoms with Crippen LogP contribution >= 0.6 is 0 Å². The van der Waals surface area contributed by atoms with Gasteiger partial charge in [0.2, 0.25) is 0 Å². The number of amides is 1. The van der Waals surface area contributed by atoms with Crippen LogP contribution < -0.4 is 0 Å². The van der Waals surface area contributed by atoms with Crippen LogP contribution in [0.1, 0.15) is 36.5 Å². The number of hydrogen-bond acceptors (Lipinski definition) is 5. The van der Waals surface area contributed by atoms with Crippen LogP contribution in [-0.4, -0.2) is 49.6 Å². The summed E-state index contributed by atoms with van der Waals surface area (Å²) in [5.41, 5.74) is 0.526. The van der Waals surface area contributed by atoms with Gasteiger partial charge >= 0.3 is 0 Å². The van der Waals surface area contributed by atoms with E-state index in [0.29, 0.717) is 30.4 Å². The summed E-state index contributed by atoms with van der Waals surface area (Å²) in [6.07, 6.45) is 9.80. The van der Waals surface area contributed by atoms with Crippen molar-refractivity contribution in [3.05, 3.63) is 42.5 Å². The van der Waals surface area contributed by atoms with Gasteiger partial charge in [0.05, 0.1) is 17.7 Å². The topological polar surface area (TPSA) is 79.2 Å². The van der Waals surface area contributed by atoms with Crippen molar-refractivity contribution in [3.8, 4) is 11.4 Å². The second-order valence-corrected chi connectivity index (χ2v) is 7.24. The van der Waals surface area contributed by atoms with Gasteiger partial charge < -0.3 is 10.0 Å². The van der Waals surface area contributed by atoms with E-state index in [1.165, 1.54) is 6.42 Å². The molecule has 0 spiro atoms. The summed E-state index contributed by atoms with van der Waals surface area (Å²) in [7, 11) is 0. The number of carbonyl (C=O) groups excluding carboxylic acids is 1. The molecule has 0 aromatic carbocycles. The molecule has 1 saturated carbocycles. The van der Waals surface area contributed by atoms with Crippen molar-refractivity contribution in [1.29, 1.82) is 0 Å². The average molecular weight is 338 g/mol. The van der Waals surface area contributed by atoms with Crippen molar-refractivity contribution in [2.24, 2.45) is 11.8 Å². The Kier molecular flexibility index (Phi) is 4.00. The third kappa shape index (κ3) is 2.80. The minimum atomic E-state index is -0.746. The summed E-state index contributed by atoms with van der Waals surface area (Å²) < 4.78 is 0. The van der Waals surface area contributed by atoms with Gasteiger partial charge in [-0.1, -0.05) is 13.3 Å². The highest BCUT2D eigenvalue weighted by Crippen LogP contribution is 2.44. The van der Waals surface area contributed by atoms with E-state index >= 15 is 0 Å². The Morgan fingerprint density at radius 2 is 2.04 bits per heavy atom. The number of nitrogens with zero attached hydrogens (tertiary/aromatic N) is 4. The summed E-state index contributed by atoms with van der Waals surface area (Å²) in [6.45, 7) is 3.02. The molecule has 2 aliphatic rings. The van der Waals surface area contributed by atoms with E-state index in [1.54, 1.807) is 29.7 Å². The van der Waals surface area contributed by atoms with Crippen LogP contribution in [0.3, 0.4) is 0 Å². The predicted octanol–water partition coefficient (Wildman–Crippen LogP) is 2.16. The van der Waals surface area contributed by atoms with Crippen LogP contribution in [0, 0.1) is 11.8 Å². The van der Waals surface area contributed by atoms with E-state index in [0.717, 1.165) is 18.4 Å². The maximum atomic E-state index is 12.8. The lowest BCUT2D eigenvalue weighted by atomic mass is 9.69. The van der Waals surface area contributed by atoms with Gasteiger partial charge in [-0.05, 0) is 30.9 Å². The summed E-state index contributed by atoms with van der Waals surface area (Å²) in [4.78, 5) is 27.2. The molecule has 1 aliphatic heterocycles. The quantitative estimate of drug-likeness (QED) is 0.928. The number of carbonyl (C=O) groups is 1. The fraction of sp³-hybridized carbons (Fsp3) is 0.474. The van der Waals surface area contributed by atoms with Gasteiger partial charge in [0.15, 0.2) is 5.82 Å². The first-order chi connectivity index (χ1) is 12.1. The van der Waals surface area contributed by atoms with E-state index in [1.807, 2.05) is 19.1 Å². The van der Waals surface area contributed by atoms with Crippen molar-refractivity contribution in [2.75, 3.05) is 13.1 Å². The van der Waals surface area contributed by atoms with Crippen molar-refractivity contribution >= 4 is 5.91 Å². The molecule has 0 radical (unpaired) electrons. The Balaban J connectivity index is 1.50. The Hall–Kier alpha value is -2.34. The molecule has 6 nitrogen and oxygen atoms in total.